The Hall–Kier alpha value is -4.57. The average molecular weight is 941 g/mol. The molecule has 0 fully saturated rings. The molecule has 0 aliphatic rings. The normalized spacial score (nSPS) is 13.5. The summed E-state index contributed by atoms with van der Waals surface area (Å²) in [6.45, 7) is 9.64. The minimum absolute atomic E-state index is 0.0650. The first-order chi connectivity index (χ1) is 27.5. The lowest BCUT2D eigenvalue weighted by Crippen LogP contribution is -2.55. The van der Waals surface area contributed by atoms with Crippen LogP contribution in [-0.2, 0) is 31.8 Å². The largest absolute Gasteiger partial charge is 0.355 e. The monoisotopic (exact) mass is 938 g/mol. The van der Waals surface area contributed by atoms with Gasteiger partial charge in [-0.3, -0.25) is 23.5 Å². The van der Waals surface area contributed by atoms with E-state index < -0.39 is 46.0 Å². The quantitative estimate of drug-likeness (QED) is 0.0740. The van der Waals surface area contributed by atoms with Gasteiger partial charge in [-0.25, -0.2) is 8.42 Å². The van der Waals surface area contributed by atoms with Crippen molar-refractivity contribution in [2.45, 2.75) is 71.0 Å². The predicted octanol–water partition coefficient (Wildman–Crippen LogP) is 6.26. The minimum Gasteiger partial charge on any atom is -0.355 e. The van der Waals surface area contributed by atoms with E-state index in [1.807, 2.05) is 82.3 Å². The molecular weight excluding hydrogens is 888 g/mol. The zero-order chi connectivity index (χ0) is 42.6. The molecule has 4 aromatic rings. The van der Waals surface area contributed by atoms with Crippen LogP contribution in [0.15, 0.2) is 106 Å². The highest BCUT2D eigenvalue weighted by Crippen LogP contribution is 2.25. The van der Waals surface area contributed by atoms with E-state index in [2.05, 4.69) is 58.4 Å². The van der Waals surface area contributed by atoms with E-state index in [4.69, 9.17) is 0 Å². The van der Waals surface area contributed by atoms with Crippen LogP contribution in [0.25, 0.3) is 0 Å². The van der Waals surface area contributed by atoms with Gasteiger partial charge in [-0.1, -0.05) is 100 Å². The second-order valence-corrected chi connectivity index (χ2v) is 18.3. The Morgan fingerprint density at radius 3 is 1.84 bits per heavy atom. The summed E-state index contributed by atoms with van der Waals surface area (Å²) in [5.41, 5.74) is 2.62. The van der Waals surface area contributed by atoms with Gasteiger partial charge < -0.3 is 26.6 Å². The van der Waals surface area contributed by atoms with E-state index in [1.54, 1.807) is 31.2 Å². The molecule has 58 heavy (non-hydrogen) atoms. The number of benzene rings is 4. The van der Waals surface area contributed by atoms with Crippen molar-refractivity contribution in [1.82, 2.24) is 26.6 Å². The van der Waals surface area contributed by atoms with Gasteiger partial charge in [0.1, 0.15) is 6.04 Å². The average Bonchev–Trinajstić information content (AvgIpc) is 3.19. The molecule has 310 valence electrons. The SMILES string of the molecule is CCNC(=O)[C@@H](NC(=O)[C@H](C)NC[C@H](Cc1ccccc1)NC(=O)c1cc(C(=O)N[C@H](C)c2ccc(Br)cc2)cc(N(C)S(=O)(=O)Cc2ccc(Br)cc2)c1)C(C)C. The van der Waals surface area contributed by atoms with Crippen LogP contribution >= 0.6 is 31.9 Å². The maximum absolute atomic E-state index is 14.2. The molecule has 4 amide bonds. The van der Waals surface area contributed by atoms with E-state index in [9.17, 15) is 27.6 Å². The van der Waals surface area contributed by atoms with Crippen LogP contribution in [-0.4, -0.2) is 70.3 Å². The summed E-state index contributed by atoms with van der Waals surface area (Å²) in [4.78, 5) is 53.9. The Bertz CT molecular complexity index is 2140. The van der Waals surface area contributed by atoms with E-state index in [1.165, 1.54) is 25.2 Å². The van der Waals surface area contributed by atoms with Gasteiger partial charge in [0, 0.05) is 46.3 Å². The number of amides is 4. The van der Waals surface area contributed by atoms with Crippen molar-refractivity contribution in [3.63, 3.8) is 0 Å². The maximum Gasteiger partial charge on any atom is 0.251 e. The molecule has 5 N–H and O–H groups in total. The summed E-state index contributed by atoms with van der Waals surface area (Å²) in [5.74, 6) is -2.15. The Morgan fingerprint density at radius 1 is 0.707 bits per heavy atom. The van der Waals surface area contributed by atoms with Crippen molar-refractivity contribution in [3.8, 4) is 0 Å². The van der Waals surface area contributed by atoms with Gasteiger partial charge in [0.25, 0.3) is 11.8 Å². The van der Waals surface area contributed by atoms with Crippen LogP contribution in [0.3, 0.4) is 0 Å². The van der Waals surface area contributed by atoms with Gasteiger partial charge in [0.05, 0.1) is 23.5 Å². The van der Waals surface area contributed by atoms with Crippen LogP contribution in [0.1, 0.15) is 78.1 Å². The zero-order valence-electron chi connectivity index (χ0n) is 33.5. The minimum atomic E-state index is -3.97. The highest BCUT2D eigenvalue weighted by molar-refractivity contribution is 9.10. The second kappa shape index (κ2) is 21.4. The maximum atomic E-state index is 14.2. The Balaban J connectivity index is 1.63. The number of carbonyl (C=O) groups excluding carboxylic acids is 4. The third kappa shape index (κ3) is 13.5. The fraction of sp³-hybridized carbons (Fsp3) is 0.349. The van der Waals surface area contributed by atoms with E-state index in [0.29, 0.717) is 18.5 Å². The number of carbonyl (C=O) groups is 4. The summed E-state index contributed by atoms with van der Waals surface area (Å²) in [6, 6.07) is 25.9. The number of nitrogens with one attached hydrogen (secondary N) is 5. The highest BCUT2D eigenvalue weighted by Gasteiger charge is 2.27. The van der Waals surface area contributed by atoms with E-state index in [0.717, 1.165) is 24.4 Å². The van der Waals surface area contributed by atoms with Crippen molar-refractivity contribution in [2.75, 3.05) is 24.4 Å². The van der Waals surface area contributed by atoms with Gasteiger partial charge in [-0.15, -0.1) is 0 Å². The van der Waals surface area contributed by atoms with Crippen LogP contribution in [0.4, 0.5) is 5.69 Å². The molecular formula is C43H52Br2N6O6S. The van der Waals surface area contributed by atoms with Crippen LogP contribution in [0.2, 0.25) is 0 Å². The van der Waals surface area contributed by atoms with Crippen molar-refractivity contribution >= 4 is 71.2 Å². The molecule has 4 aromatic carbocycles. The first kappa shape index (κ1) is 46.1. The molecule has 4 atom stereocenters. The number of hydrogen-bond donors (Lipinski definition) is 5. The van der Waals surface area contributed by atoms with Gasteiger partial charge in [-0.2, -0.15) is 0 Å². The third-order valence-corrected chi connectivity index (χ3v) is 12.3. The summed E-state index contributed by atoms with van der Waals surface area (Å²) < 4.78 is 30.3. The number of rotatable bonds is 19. The summed E-state index contributed by atoms with van der Waals surface area (Å²) in [7, 11) is -2.58. The van der Waals surface area contributed by atoms with Gasteiger partial charge >= 0.3 is 0 Å². The van der Waals surface area contributed by atoms with Gasteiger partial charge in [-0.05, 0) is 92.3 Å². The van der Waals surface area contributed by atoms with Gasteiger partial charge in [0.15, 0.2) is 0 Å². The molecule has 15 heteroatoms. The Morgan fingerprint density at radius 2 is 1.28 bits per heavy atom. The lowest BCUT2D eigenvalue weighted by atomic mass is 10.0. The topological polar surface area (TPSA) is 166 Å². The Kier molecular flexibility index (Phi) is 17.0. The highest BCUT2D eigenvalue weighted by atomic mass is 79.9. The number of likely N-dealkylation sites (N-methyl/N-ethyl adjacent to an activating group) is 1. The zero-order valence-corrected chi connectivity index (χ0v) is 37.5. The summed E-state index contributed by atoms with van der Waals surface area (Å²) in [5, 5.41) is 14.8. The first-order valence-corrected chi connectivity index (χ1v) is 22.3. The van der Waals surface area contributed by atoms with Gasteiger partial charge in [0.2, 0.25) is 21.8 Å². The van der Waals surface area contributed by atoms with Crippen molar-refractivity contribution in [3.05, 3.63) is 134 Å². The number of halogens is 2. The molecule has 0 bridgehead atoms. The molecule has 0 aromatic heterocycles. The molecule has 4 rings (SSSR count). The number of hydrogen-bond acceptors (Lipinski definition) is 7. The Labute approximate surface area is 358 Å². The van der Waals surface area contributed by atoms with Crippen molar-refractivity contribution in [2.24, 2.45) is 5.92 Å². The van der Waals surface area contributed by atoms with E-state index >= 15 is 0 Å². The fourth-order valence-electron chi connectivity index (χ4n) is 6.07. The second-order valence-electron chi connectivity index (χ2n) is 14.5. The molecule has 0 saturated carbocycles. The van der Waals surface area contributed by atoms with Crippen LogP contribution in [0.5, 0.6) is 0 Å². The number of anilines is 1. The van der Waals surface area contributed by atoms with E-state index in [-0.39, 0.29) is 46.8 Å². The fourth-order valence-corrected chi connectivity index (χ4v) is 7.83. The smallest absolute Gasteiger partial charge is 0.251 e. The molecule has 12 nitrogen and oxygen atoms in total. The lowest BCUT2D eigenvalue weighted by Gasteiger charge is -2.26. The predicted molar refractivity (Wildman–Crippen MR) is 236 cm³/mol. The molecule has 0 aliphatic carbocycles. The summed E-state index contributed by atoms with van der Waals surface area (Å²) >= 11 is 6.81. The molecule has 0 aliphatic heterocycles. The van der Waals surface area contributed by atoms with Crippen LogP contribution in [0, 0.1) is 5.92 Å². The molecule has 0 saturated heterocycles. The standard InChI is InChI=1S/C43H52Br2N6O6S/c1-7-46-43(55)39(27(2)3)50-40(52)29(5)47-25-37(21-30-11-9-8-10-12-30)49-42(54)34-22-33(41(53)48-28(4)32-15-19-36(45)20-16-32)23-38(24-34)51(6)58(56,57)26-31-13-17-35(44)18-14-31/h8-20,22-24,27-29,37,39,47H,7,21,25-26H2,1-6H3,(H,46,55)(H,48,53)(H,49,54)(H,50,52)/t28-,29+,37+,39+/m1/s1. The first-order valence-electron chi connectivity index (χ1n) is 19.1. The summed E-state index contributed by atoms with van der Waals surface area (Å²) in [6.07, 6.45) is 0.390. The third-order valence-electron chi connectivity index (χ3n) is 9.52. The molecule has 0 radical (unpaired) electrons. The number of sulfonamides is 1. The number of nitrogens with zero attached hydrogens (tertiary/aromatic N) is 1. The molecule has 0 unspecified atom stereocenters. The molecule has 0 heterocycles. The van der Waals surface area contributed by atoms with Crippen LogP contribution < -0.4 is 30.9 Å². The molecule has 0 spiro atoms. The van der Waals surface area contributed by atoms with Crippen molar-refractivity contribution < 1.29 is 27.6 Å². The lowest BCUT2D eigenvalue weighted by molar-refractivity contribution is -0.130. The van der Waals surface area contributed by atoms with Crippen molar-refractivity contribution in [1.29, 1.82) is 0 Å².